The average Bonchev–Trinajstić information content (AvgIpc) is 2.36. The first-order chi connectivity index (χ1) is 9.34. The van der Waals surface area contributed by atoms with E-state index in [1.807, 2.05) is 6.92 Å². The molecule has 0 radical (unpaired) electrons. The molecule has 0 aliphatic heterocycles. The molecule has 0 fully saturated rings. The zero-order valence-electron chi connectivity index (χ0n) is 10.7. The van der Waals surface area contributed by atoms with E-state index in [-0.39, 0.29) is 10.9 Å². The van der Waals surface area contributed by atoms with E-state index in [1.165, 1.54) is 12.1 Å². The van der Waals surface area contributed by atoms with E-state index < -0.39 is 23.3 Å². The van der Waals surface area contributed by atoms with E-state index in [1.54, 1.807) is 6.07 Å². The van der Waals surface area contributed by atoms with Gasteiger partial charge in [0.2, 0.25) is 0 Å². The number of aromatic carboxylic acids is 1. The number of carboxylic acids is 1. The van der Waals surface area contributed by atoms with Crippen molar-refractivity contribution in [3.05, 3.63) is 41.1 Å². The Labute approximate surface area is 113 Å². The molecule has 6 heteroatoms. The van der Waals surface area contributed by atoms with Crippen LogP contribution in [0, 0.1) is 0 Å². The van der Waals surface area contributed by atoms with Gasteiger partial charge in [-0.25, -0.2) is 4.79 Å². The minimum Gasteiger partial charge on any atom is -0.478 e. The van der Waals surface area contributed by atoms with E-state index in [4.69, 9.17) is 5.11 Å². The number of carbonyl (C=O) groups is 1. The van der Waals surface area contributed by atoms with Crippen LogP contribution in [0.15, 0.2) is 24.4 Å². The molecule has 0 aliphatic rings. The van der Waals surface area contributed by atoms with Crippen molar-refractivity contribution in [3.8, 4) is 0 Å². The zero-order chi connectivity index (χ0) is 14.9. The number of fused-ring (bicyclic) bond motifs is 1. The highest BCUT2D eigenvalue weighted by molar-refractivity contribution is 5.96. The SMILES string of the molecule is CCCc1ccc2ncc(C(=O)O)c(C(F)(F)F)c2c1. The largest absolute Gasteiger partial charge is 0.478 e. The number of hydrogen-bond acceptors (Lipinski definition) is 2. The summed E-state index contributed by atoms with van der Waals surface area (Å²) in [5.41, 5.74) is -1.08. The number of carboxylic acid groups (broad SMARTS) is 1. The van der Waals surface area contributed by atoms with Gasteiger partial charge in [-0.15, -0.1) is 0 Å². The Morgan fingerprint density at radius 3 is 2.60 bits per heavy atom. The molecule has 0 atom stereocenters. The lowest BCUT2D eigenvalue weighted by Crippen LogP contribution is -2.14. The highest BCUT2D eigenvalue weighted by atomic mass is 19.4. The Hall–Kier alpha value is -2.11. The maximum Gasteiger partial charge on any atom is 0.417 e. The van der Waals surface area contributed by atoms with Crippen LogP contribution in [-0.2, 0) is 12.6 Å². The summed E-state index contributed by atoms with van der Waals surface area (Å²) in [6.07, 6.45) is -2.56. The molecular formula is C14H12F3NO2. The third kappa shape index (κ3) is 2.59. The third-order valence-electron chi connectivity index (χ3n) is 2.98. The number of aromatic nitrogens is 1. The van der Waals surface area contributed by atoms with Gasteiger partial charge in [-0.05, 0) is 24.1 Å². The Bertz CT molecular complexity index is 665. The standard InChI is InChI=1S/C14H12F3NO2/c1-2-3-8-4-5-11-9(6-8)12(14(15,16)17)10(7-18-11)13(19)20/h4-7H,2-3H2,1H3,(H,19,20). The smallest absolute Gasteiger partial charge is 0.417 e. The maximum atomic E-state index is 13.2. The number of hydrogen-bond donors (Lipinski definition) is 1. The Morgan fingerprint density at radius 2 is 2.05 bits per heavy atom. The van der Waals surface area contributed by atoms with Crippen LogP contribution in [-0.4, -0.2) is 16.1 Å². The molecule has 1 aromatic heterocycles. The van der Waals surface area contributed by atoms with Crippen molar-refractivity contribution in [2.45, 2.75) is 25.9 Å². The topological polar surface area (TPSA) is 50.2 Å². The van der Waals surface area contributed by atoms with Crippen molar-refractivity contribution >= 4 is 16.9 Å². The average molecular weight is 283 g/mol. The Morgan fingerprint density at radius 1 is 1.35 bits per heavy atom. The first-order valence-electron chi connectivity index (χ1n) is 6.06. The van der Waals surface area contributed by atoms with Gasteiger partial charge in [-0.2, -0.15) is 13.2 Å². The van der Waals surface area contributed by atoms with Crippen LogP contribution in [0.2, 0.25) is 0 Å². The molecule has 0 bridgehead atoms. The van der Waals surface area contributed by atoms with Crippen LogP contribution in [0.4, 0.5) is 13.2 Å². The normalized spacial score (nSPS) is 11.8. The molecule has 0 unspecified atom stereocenters. The second-order valence-electron chi connectivity index (χ2n) is 4.45. The van der Waals surface area contributed by atoms with E-state index in [2.05, 4.69) is 4.98 Å². The van der Waals surface area contributed by atoms with Crippen molar-refractivity contribution < 1.29 is 23.1 Å². The first kappa shape index (κ1) is 14.3. The van der Waals surface area contributed by atoms with E-state index in [9.17, 15) is 18.0 Å². The fourth-order valence-electron chi connectivity index (χ4n) is 2.15. The molecule has 0 aliphatic carbocycles. The molecular weight excluding hydrogens is 271 g/mol. The third-order valence-corrected chi connectivity index (χ3v) is 2.98. The summed E-state index contributed by atoms with van der Waals surface area (Å²) < 4.78 is 39.5. The number of alkyl halides is 3. The summed E-state index contributed by atoms with van der Waals surface area (Å²) in [7, 11) is 0. The predicted octanol–water partition coefficient (Wildman–Crippen LogP) is 3.90. The van der Waals surface area contributed by atoms with E-state index in [0.29, 0.717) is 6.42 Å². The summed E-state index contributed by atoms with van der Waals surface area (Å²) in [5, 5.41) is 8.76. The van der Waals surface area contributed by atoms with Crippen LogP contribution in [0.1, 0.15) is 34.8 Å². The minimum absolute atomic E-state index is 0.141. The van der Waals surface area contributed by atoms with Crippen molar-refractivity contribution in [1.82, 2.24) is 4.98 Å². The van der Waals surface area contributed by atoms with Gasteiger partial charge < -0.3 is 5.11 Å². The van der Waals surface area contributed by atoms with Crippen molar-refractivity contribution in [2.75, 3.05) is 0 Å². The van der Waals surface area contributed by atoms with Gasteiger partial charge in [0, 0.05) is 11.6 Å². The van der Waals surface area contributed by atoms with Gasteiger partial charge >= 0.3 is 12.1 Å². The molecule has 2 rings (SSSR count). The first-order valence-corrected chi connectivity index (χ1v) is 6.06. The van der Waals surface area contributed by atoms with Gasteiger partial charge in [0.25, 0.3) is 0 Å². The van der Waals surface area contributed by atoms with Gasteiger partial charge in [0.05, 0.1) is 16.6 Å². The highest BCUT2D eigenvalue weighted by Crippen LogP contribution is 2.37. The molecule has 1 aromatic carbocycles. The number of pyridine rings is 1. The Kier molecular flexibility index (Phi) is 3.65. The van der Waals surface area contributed by atoms with Crippen LogP contribution in [0.3, 0.4) is 0 Å². The van der Waals surface area contributed by atoms with Gasteiger partial charge in [-0.3, -0.25) is 4.98 Å². The molecule has 2 aromatic rings. The number of aryl methyl sites for hydroxylation is 1. The Balaban J connectivity index is 2.81. The second kappa shape index (κ2) is 5.11. The van der Waals surface area contributed by atoms with Crippen LogP contribution in [0.5, 0.6) is 0 Å². The van der Waals surface area contributed by atoms with Crippen LogP contribution >= 0.6 is 0 Å². The number of benzene rings is 1. The molecule has 3 nitrogen and oxygen atoms in total. The predicted molar refractivity (Wildman–Crippen MR) is 67.7 cm³/mol. The molecule has 0 saturated carbocycles. The summed E-state index contributed by atoms with van der Waals surface area (Å²) in [4.78, 5) is 14.8. The number of nitrogens with zero attached hydrogens (tertiary/aromatic N) is 1. The minimum atomic E-state index is -4.74. The fraction of sp³-hybridized carbons (Fsp3) is 0.286. The lowest BCUT2D eigenvalue weighted by molar-refractivity contribution is -0.136. The van der Waals surface area contributed by atoms with Crippen molar-refractivity contribution in [2.24, 2.45) is 0 Å². The summed E-state index contributed by atoms with van der Waals surface area (Å²) >= 11 is 0. The summed E-state index contributed by atoms with van der Waals surface area (Å²) in [6.45, 7) is 1.92. The molecule has 0 saturated heterocycles. The molecule has 106 valence electrons. The van der Waals surface area contributed by atoms with Gasteiger partial charge in [0.1, 0.15) is 0 Å². The molecule has 0 spiro atoms. The maximum absolute atomic E-state index is 13.2. The van der Waals surface area contributed by atoms with Crippen molar-refractivity contribution in [3.63, 3.8) is 0 Å². The molecule has 20 heavy (non-hydrogen) atoms. The monoisotopic (exact) mass is 283 g/mol. The number of rotatable bonds is 3. The summed E-state index contributed by atoms with van der Waals surface area (Å²) in [5.74, 6) is -1.63. The van der Waals surface area contributed by atoms with Crippen LogP contribution < -0.4 is 0 Å². The van der Waals surface area contributed by atoms with Gasteiger partial charge in [0.15, 0.2) is 0 Å². The quantitative estimate of drug-likeness (QED) is 0.929. The summed E-state index contributed by atoms with van der Waals surface area (Å²) in [6, 6.07) is 4.57. The molecule has 1 heterocycles. The van der Waals surface area contributed by atoms with E-state index in [0.717, 1.165) is 18.2 Å². The van der Waals surface area contributed by atoms with Gasteiger partial charge in [-0.1, -0.05) is 19.4 Å². The van der Waals surface area contributed by atoms with Crippen molar-refractivity contribution in [1.29, 1.82) is 0 Å². The lowest BCUT2D eigenvalue weighted by Gasteiger charge is -2.13. The van der Waals surface area contributed by atoms with E-state index >= 15 is 0 Å². The zero-order valence-corrected chi connectivity index (χ0v) is 10.7. The van der Waals surface area contributed by atoms with Crippen LogP contribution in [0.25, 0.3) is 10.9 Å². The lowest BCUT2D eigenvalue weighted by atomic mass is 9.99. The second-order valence-corrected chi connectivity index (χ2v) is 4.45. The highest BCUT2D eigenvalue weighted by Gasteiger charge is 2.37. The fourth-order valence-corrected chi connectivity index (χ4v) is 2.15. The number of halogens is 3. The molecule has 1 N–H and O–H groups in total. The molecule has 0 amide bonds.